The number of aryl methyl sites for hydroxylation is 1. The monoisotopic (exact) mass is 398 g/mol. The van der Waals surface area contributed by atoms with Gasteiger partial charge in [-0.15, -0.1) is 0 Å². The number of thioether (sulfide) groups is 1. The van der Waals surface area contributed by atoms with Gasteiger partial charge in [0, 0.05) is 30.7 Å². The molecule has 3 N–H and O–H groups in total. The van der Waals surface area contributed by atoms with Crippen LogP contribution in [-0.2, 0) is 11.2 Å². The Kier molecular flexibility index (Phi) is 6.54. The molecule has 0 atom stereocenters. The SMILES string of the molecule is CN1CCCc2cc(C3=NNC(=O)SC3)ccc21.O=CNc1ccc(O)cc1. The number of phenols is 1. The van der Waals surface area contributed by atoms with Crippen molar-refractivity contribution in [1.29, 1.82) is 0 Å². The van der Waals surface area contributed by atoms with Gasteiger partial charge in [-0.25, -0.2) is 5.43 Å². The van der Waals surface area contributed by atoms with Crippen LogP contribution in [0, 0.1) is 0 Å². The molecule has 7 nitrogen and oxygen atoms in total. The maximum absolute atomic E-state index is 11.1. The quantitative estimate of drug-likeness (QED) is 0.545. The number of fused-ring (bicyclic) bond motifs is 1. The van der Waals surface area contributed by atoms with E-state index < -0.39 is 0 Å². The van der Waals surface area contributed by atoms with Crippen LogP contribution in [0.25, 0.3) is 0 Å². The molecule has 8 heteroatoms. The summed E-state index contributed by atoms with van der Waals surface area (Å²) in [5, 5.41) is 15.3. The first-order valence-corrected chi connectivity index (χ1v) is 9.88. The first kappa shape index (κ1) is 19.8. The van der Waals surface area contributed by atoms with Crippen LogP contribution >= 0.6 is 11.8 Å². The number of benzene rings is 2. The number of anilines is 2. The number of hydrogen-bond acceptors (Lipinski definition) is 6. The van der Waals surface area contributed by atoms with E-state index in [4.69, 9.17) is 5.11 Å². The van der Waals surface area contributed by atoms with E-state index >= 15 is 0 Å². The number of nitrogens with one attached hydrogen (secondary N) is 2. The zero-order valence-corrected chi connectivity index (χ0v) is 16.3. The van der Waals surface area contributed by atoms with Gasteiger partial charge in [0.1, 0.15) is 5.75 Å². The van der Waals surface area contributed by atoms with Gasteiger partial charge < -0.3 is 15.3 Å². The lowest BCUT2D eigenvalue weighted by Gasteiger charge is -2.28. The number of carbonyl (C=O) groups excluding carboxylic acids is 2. The summed E-state index contributed by atoms with van der Waals surface area (Å²) >= 11 is 1.27. The van der Waals surface area contributed by atoms with E-state index in [9.17, 15) is 9.59 Å². The van der Waals surface area contributed by atoms with Crippen molar-refractivity contribution in [1.82, 2.24) is 5.43 Å². The highest BCUT2D eigenvalue weighted by Gasteiger charge is 2.18. The number of hydrogen-bond donors (Lipinski definition) is 3. The molecule has 0 fully saturated rings. The van der Waals surface area contributed by atoms with Gasteiger partial charge in [-0.2, -0.15) is 5.10 Å². The maximum Gasteiger partial charge on any atom is 0.299 e. The summed E-state index contributed by atoms with van der Waals surface area (Å²) in [6.07, 6.45) is 2.91. The fourth-order valence-electron chi connectivity index (χ4n) is 3.05. The molecule has 0 aliphatic carbocycles. The topological polar surface area (TPSA) is 94.0 Å². The molecular weight excluding hydrogens is 376 g/mol. The molecule has 146 valence electrons. The van der Waals surface area contributed by atoms with Crippen LogP contribution in [0.15, 0.2) is 47.6 Å². The molecule has 0 unspecified atom stereocenters. The standard InChI is InChI=1S/C13H15N3OS.C7H7NO2/c1-16-6-2-3-10-7-9(4-5-12(10)16)11-8-18-13(17)15-14-11;9-5-8-6-1-3-7(10)4-2-6/h4-5,7H,2-3,6,8H2,1H3,(H,15,17);1-5,10H,(H,8,9). The molecule has 2 aliphatic rings. The Bertz CT molecular complexity index is 884. The fourth-order valence-corrected chi connectivity index (χ4v) is 3.66. The van der Waals surface area contributed by atoms with Crippen LogP contribution in [0.1, 0.15) is 17.5 Å². The van der Waals surface area contributed by atoms with Crippen molar-refractivity contribution in [2.24, 2.45) is 5.10 Å². The van der Waals surface area contributed by atoms with Gasteiger partial charge >= 0.3 is 0 Å². The van der Waals surface area contributed by atoms with Crippen LogP contribution in [0.4, 0.5) is 16.2 Å². The van der Waals surface area contributed by atoms with Crippen molar-refractivity contribution >= 4 is 40.5 Å². The largest absolute Gasteiger partial charge is 0.508 e. The van der Waals surface area contributed by atoms with Crippen molar-refractivity contribution in [3.63, 3.8) is 0 Å². The number of hydrazone groups is 1. The van der Waals surface area contributed by atoms with Crippen molar-refractivity contribution in [2.75, 3.05) is 29.6 Å². The number of amides is 2. The fraction of sp³-hybridized carbons (Fsp3) is 0.250. The van der Waals surface area contributed by atoms with E-state index in [0.29, 0.717) is 17.9 Å². The second-order valence-electron chi connectivity index (χ2n) is 6.42. The Morgan fingerprint density at radius 2 is 2.04 bits per heavy atom. The van der Waals surface area contributed by atoms with Crippen LogP contribution < -0.4 is 15.6 Å². The van der Waals surface area contributed by atoms with E-state index in [-0.39, 0.29) is 11.0 Å². The van der Waals surface area contributed by atoms with Crippen LogP contribution in [0.3, 0.4) is 0 Å². The molecule has 0 radical (unpaired) electrons. The smallest absolute Gasteiger partial charge is 0.299 e. The third-order valence-corrected chi connectivity index (χ3v) is 5.25. The number of phenolic OH excluding ortho intramolecular Hbond substituents is 1. The zero-order valence-electron chi connectivity index (χ0n) is 15.5. The molecular formula is C20H22N4O3S. The van der Waals surface area contributed by atoms with Gasteiger partial charge in [0.05, 0.1) is 5.71 Å². The summed E-state index contributed by atoms with van der Waals surface area (Å²) in [7, 11) is 2.13. The highest BCUT2D eigenvalue weighted by molar-refractivity contribution is 8.14. The predicted octanol–water partition coefficient (Wildman–Crippen LogP) is 3.19. The van der Waals surface area contributed by atoms with Gasteiger partial charge in [0.15, 0.2) is 0 Å². The minimum atomic E-state index is -0.0727. The lowest BCUT2D eigenvalue weighted by molar-refractivity contribution is -0.105. The Balaban J connectivity index is 0.000000192. The van der Waals surface area contributed by atoms with Gasteiger partial charge in [-0.05, 0) is 60.4 Å². The molecule has 4 rings (SSSR count). The van der Waals surface area contributed by atoms with E-state index in [1.54, 1.807) is 12.1 Å². The summed E-state index contributed by atoms with van der Waals surface area (Å²) in [5.41, 5.74) is 7.97. The molecule has 2 heterocycles. The molecule has 2 aromatic rings. The minimum absolute atomic E-state index is 0.0727. The second kappa shape index (κ2) is 9.27. The normalized spacial score (nSPS) is 15.4. The Labute approximate surface area is 167 Å². The molecule has 0 bridgehead atoms. The maximum atomic E-state index is 11.1. The van der Waals surface area contributed by atoms with E-state index in [2.05, 4.69) is 46.0 Å². The first-order chi connectivity index (χ1) is 13.6. The van der Waals surface area contributed by atoms with Crippen LogP contribution in [0.5, 0.6) is 5.75 Å². The number of carbonyl (C=O) groups is 2. The van der Waals surface area contributed by atoms with Crippen molar-refractivity contribution in [2.45, 2.75) is 12.8 Å². The average molecular weight is 398 g/mol. The molecule has 0 spiro atoms. The summed E-state index contributed by atoms with van der Waals surface area (Å²) in [5.74, 6) is 0.844. The molecule has 28 heavy (non-hydrogen) atoms. The first-order valence-electron chi connectivity index (χ1n) is 8.90. The van der Waals surface area contributed by atoms with Gasteiger partial charge in [0.25, 0.3) is 5.24 Å². The van der Waals surface area contributed by atoms with Crippen molar-refractivity contribution in [3.05, 3.63) is 53.6 Å². The highest BCUT2D eigenvalue weighted by atomic mass is 32.2. The molecule has 0 aromatic heterocycles. The molecule has 0 saturated carbocycles. The number of rotatable bonds is 3. The van der Waals surface area contributed by atoms with E-state index in [1.807, 2.05) is 0 Å². The van der Waals surface area contributed by atoms with Gasteiger partial charge in [0.2, 0.25) is 6.41 Å². The summed E-state index contributed by atoms with van der Waals surface area (Å²) < 4.78 is 0. The molecule has 2 aromatic carbocycles. The number of aromatic hydroxyl groups is 1. The van der Waals surface area contributed by atoms with Crippen LogP contribution in [-0.4, -0.2) is 41.8 Å². The lowest BCUT2D eigenvalue weighted by atomic mass is 9.98. The lowest BCUT2D eigenvalue weighted by Crippen LogP contribution is -2.26. The Hall–Kier alpha value is -3.00. The van der Waals surface area contributed by atoms with Gasteiger partial charge in [-0.3, -0.25) is 9.59 Å². The van der Waals surface area contributed by atoms with Crippen LogP contribution in [0.2, 0.25) is 0 Å². The molecule has 2 amide bonds. The Morgan fingerprint density at radius 1 is 1.25 bits per heavy atom. The van der Waals surface area contributed by atoms with Gasteiger partial charge in [-0.1, -0.05) is 17.8 Å². The average Bonchev–Trinajstić information content (AvgIpc) is 2.71. The summed E-state index contributed by atoms with van der Waals surface area (Å²) in [6.45, 7) is 1.12. The van der Waals surface area contributed by atoms with Crippen molar-refractivity contribution in [3.8, 4) is 5.75 Å². The zero-order chi connectivity index (χ0) is 19.9. The van der Waals surface area contributed by atoms with Crippen molar-refractivity contribution < 1.29 is 14.7 Å². The summed E-state index contributed by atoms with van der Waals surface area (Å²) in [6, 6.07) is 12.7. The molecule has 2 aliphatic heterocycles. The Morgan fingerprint density at radius 3 is 2.71 bits per heavy atom. The third-order valence-electron chi connectivity index (χ3n) is 4.48. The summed E-state index contributed by atoms with van der Waals surface area (Å²) in [4.78, 5) is 23.2. The predicted molar refractivity (Wildman–Crippen MR) is 113 cm³/mol. The van der Waals surface area contributed by atoms with E-state index in [0.717, 1.165) is 24.2 Å². The third kappa shape index (κ3) is 5.04. The minimum Gasteiger partial charge on any atom is -0.508 e. The number of nitrogens with zero attached hydrogens (tertiary/aromatic N) is 2. The van der Waals surface area contributed by atoms with E-state index in [1.165, 1.54) is 41.6 Å². The highest BCUT2D eigenvalue weighted by Crippen LogP contribution is 2.27. The second-order valence-corrected chi connectivity index (χ2v) is 7.37. The molecule has 0 saturated heterocycles.